The topological polar surface area (TPSA) is 28.2 Å². The van der Waals surface area contributed by atoms with Gasteiger partial charge in [-0.3, -0.25) is 4.90 Å². The third kappa shape index (κ3) is 4.32. The highest BCUT2D eigenvalue weighted by molar-refractivity contribution is 7.09. The monoisotopic (exact) mass is 289 g/mol. The van der Waals surface area contributed by atoms with Crippen LogP contribution in [0.5, 0.6) is 0 Å². The van der Waals surface area contributed by atoms with Gasteiger partial charge in [-0.1, -0.05) is 26.0 Å². The van der Waals surface area contributed by atoms with Crippen molar-refractivity contribution in [2.45, 2.75) is 33.9 Å². The van der Waals surface area contributed by atoms with Crippen LogP contribution in [0.1, 0.15) is 30.1 Å². The fourth-order valence-corrected chi connectivity index (χ4v) is 2.86. The Hall–Kier alpha value is -1.39. The van der Waals surface area contributed by atoms with Crippen LogP contribution in [0.4, 0.5) is 5.69 Å². The van der Waals surface area contributed by atoms with Gasteiger partial charge in [0.15, 0.2) is 0 Å². The van der Waals surface area contributed by atoms with Crippen molar-refractivity contribution in [3.8, 4) is 0 Å². The summed E-state index contributed by atoms with van der Waals surface area (Å²) >= 11 is 1.71. The fourth-order valence-electron chi connectivity index (χ4n) is 2.15. The maximum atomic E-state index is 4.47. The highest BCUT2D eigenvalue weighted by atomic mass is 32.1. The molecule has 108 valence electrons. The van der Waals surface area contributed by atoms with Crippen molar-refractivity contribution >= 4 is 17.0 Å². The zero-order valence-electron chi connectivity index (χ0n) is 12.5. The Balaban J connectivity index is 1.95. The summed E-state index contributed by atoms with van der Waals surface area (Å²) in [5.74, 6) is 0. The number of benzene rings is 1. The molecule has 0 unspecified atom stereocenters. The van der Waals surface area contributed by atoms with E-state index in [0.29, 0.717) is 0 Å². The molecule has 1 N–H and O–H groups in total. The lowest BCUT2D eigenvalue weighted by atomic mass is 10.2. The molecule has 0 radical (unpaired) electrons. The normalized spacial score (nSPS) is 11.0. The number of thiazole rings is 1. The number of nitrogens with one attached hydrogen (secondary N) is 1. The number of nitrogens with zero attached hydrogens (tertiary/aromatic N) is 2. The third-order valence-corrected chi connectivity index (χ3v) is 4.30. The summed E-state index contributed by atoms with van der Waals surface area (Å²) in [5, 5.41) is 6.68. The van der Waals surface area contributed by atoms with Crippen molar-refractivity contribution in [3.63, 3.8) is 0 Å². The quantitative estimate of drug-likeness (QED) is 0.837. The lowest BCUT2D eigenvalue weighted by molar-refractivity contribution is 0.296. The number of anilines is 1. The molecule has 2 rings (SSSR count). The van der Waals surface area contributed by atoms with Crippen LogP contribution < -0.4 is 5.32 Å². The van der Waals surface area contributed by atoms with Crippen LogP contribution in [-0.4, -0.2) is 23.0 Å². The van der Waals surface area contributed by atoms with E-state index in [9.17, 15) is 0 Å². The van der Waals surface area contributed by atoms with Crippen molar-refractivity contribution in [2.75, 3.05) is 18.4 Å². The standard InChI is InChI=1S/C16H23N3S/c1-4-19(5-2)11-14-7-6-8-15(9-14)17-10-16-18-13(3)12-20-16/h6-9,12,17H,4-5,10-11H2,1-3H3. The molecule has 0 saturated carbocycles. The smallest absolute Gasteiger partial charge is 0.112 e. The second-order valence-corrected chi connectivity index (χ2v) is 5.84. The largest absolute Gasteiger partial charge is 0.379 e. The molecule has 0 aliphatic rings. The van der Waals surface area contributed by atoms with Gasteiger partial charge in [-0.25, -0.2) is 4.98 Å². The Morgan fingerprint density at radius 3 is 2.70 bits per heavy atom. The summed E-state index contributed by atoms with van der Waals surface area (Å²) in [6.07, 6.45) is 0. The van der Waals surface area contributed by atoms with E-state index < -0.39 is 0 Å². The molecule has 20 heavy (non-hydrogen) atoms. The summed E-state index contributed by atoms with van der Waals surface area (Å²) in [6.45, 7) is 10.4. The third-order valence-electron chi connectivity index (χ3n) is 3.34. The molecule has 4 heteroatoms. The van der Waals surface area contributed by atoms with E-state index in [2.05, 4.69) is 58.7 Å². The summed E-state index contributed by atoms with van der Waals surface area (Å²) < 4.78 is 0. The van der Waals surface area contributed by atoms with Crippen molar-refractivity contribution in [3.05, 3.63) is 45.9 Å². The van der Waals surface area contributed by atoms with Gasteiger partial charge in [0, 0.05) is 23.3 Å². The van der Waals surface area contributed by atoms with E-state index in [1.165, 1.54) is 11.3 Å². The van der Waals surface area contributed by atoms with E-state index >= 15 is 0 Å². The average Bonchev–Trinajstić information content (AvgIpc) is 2.89. The van der Waals surface area contributed by atoms with Crippen LogP contribution in [-0.2, 0) is 13.1 Å². The van der Waals surface area contributed by atoms with Crippen LogP contribution in [0.25, 0.3) is 0 Å². The number of aryl methyl sites for hydroxylation is 1. The number of hydrogen-bond donors (Lipinski definition) is 1. The first-order valence-electron chi connectivity index (χ1n) is 7.17. The van der Waals surface area contributed by atoms with Crippen LogP contribution in [0.3, 0.4) is 0 Å². The molecule has 1 aromatic heterocycles. The van der Waals surface area contributed by atoms with Crippen LogP contribution in [0.15, 0.2) is 29.6 Å². The van der Waals surface area contributed by atoms with E-state index in [0.717, 1.165) is 36.9 Å². The molecular weight excluding hydrogens is 266 g/mol. The molecule has 3 nitrogen and oxygen atoms in total. The average molecular weight is 289 g/mol. The molecule has 0 saturated heterocycles. The van der Waals surface area contributed by atoms with Crippen molar-refractivity contribution < 1.29 is 0 Å². The molecule has 0 bridgehead atoms. The van der Waals surface area contributed by atoms with Gasteiger partial charge >= 0.3 is 0 Å². The molecule has 2 aromatic rings. The van der Waals surface area contributed by atoms with Gasteiger partial charge in [0.2, 0.25) is 0 Å². The van der Waals surface area contributed by atoms with Crippen LogP contribution >= 0.6 is 11.3 Å². The van der Waals surface area contributed by atoms with Gasteiger partial charge < -0.3 is 5.32 Å². The maximum absolute atomic E-state index is 4.47. The molecule has 0 spiro atoms. The number of hydrogen-bond acceptors (Lipinski definition) is 4. The predicted octanol–water partition coefficient (Wildman–Crippen LogP) is 3.91. The van der Waals surface area contributed by atoms with Crippen molar-refractivity contribution in [1.29, 1.82) is 0 Å². The maximum Gasteiger partial charge on any atom is 0.112 e. The molecule has 0 aliphatic carbocycles. The van der Waals surface area contributed by atoms with Gasteiger partial charge in [-0.2, -0.15) is 0 Å². The Labute approximate surface area is 125 Å². The summed E-state index contributed by atoms with van der Waals surface area (Å²) in [6, 6.07) is 8.66. The Morgan fingerprint density at radius 2 is 2.05 bits per heavy atom. The van der Waals surface area contributed by atoms with Gasteiger partial charge in [-0.15, -0.1) is 11.3 Å². The lowest BCUT2D eigenvalue weighted by Gasteiger charge is -2.18. The first-order valence-corrected chi connectivity index (χ1v) is 8.05. The van der Waals surface area contributed by atoms with Crippen molar-refractivity contribution in [1.82, 2.24) is 9.88 Å². The molecule has 0 aliphatic heterocycles. The van der Waals surface area contributed by atoms with Gasteiger partial charge in [-0.05, 0) is 37.7 Å². The molecule has 1 aromatic carbocycles. The minimum absolute atomic E-state index is 0.799. The van der Waals surface area contributed by atoms with Gasteiger partial charge in [0.1, 0.15) is 5.01 Å². The summed E-state index contributed by atoms with van der Waals surface area (Å²) in [4.78, 5) is 6.89. The second kappa shape index (κ2) is 7.41. The minimum Gasteiger partial charge on any atom is -0.379 e. The van der Waals surface area contributed by atoms with Crippen LogP contribution in [0.2, 0.25) is 0 Å². The van der Waals surface area contributed by atoms with E-state index in [4.69, 9.17) is 0 Å². The highest BCUT2D eigenvalue weighted by Gasteiger charge is 2.03. The van der Waals surface area contributed by atoms with E-state index in [-0.39, 0.29) is 0 Å². The number of rotatable bonds is 7. The van der Waals surface area contributed by atoms with Crippen molar-refractivity contribution in [2.24, 2.45) is 0 Å². The number of aromatic nitrogens is 1. The lowest BCUT2D eigenvalue weighted by Crippen LogP contribution is -2.22. The molecule has 0 atom stereocenters. The molecule has 0 fully saturated rings. The van der Waals surface area contributed by atoms with Gasteiger partial charge in [0.25, 0.3) is 0 Å². The highest BCUT2D eigenvalue weighted by Crippen LogP contribution is 2.15. The first kappa shape index (κ1) is 15.0. The Bertz CT molecular complexity index is 532. The van der Waals surface area contributed by atoms with E-state index in [1.807, 2.05) is 6.92 Å². The Morgan fingerprint density at radius 1 is 1.25 bits per heavy atom. The minimum atomic E-state index is 0.799. The Kier molecular flexibility index (Phi) is 5.56. The van der Waals surface area contributed by atoms with Crippen LogP contribution in [0, 0.1) is 6.92 Å². The van der Waals surface area contributed by atoms with E-state index in [1.54, 1.807) is 11.3 Å². The first-order chi connectivity index (χ1) is 9.71. The molecule has 1 heterocycles. The van der Waals surface area contributed by atoms with Gasteiger partial charge in [0.05, 0.1) is 6.54 Å². The SMILES string of the molecule is CCN(CC)Cc1cccc(NCc2nc(C)cs2)c1. The fraction of sp³-hybridized carbons (Fsp3) is 0.438. The summed E-state index contributed by atoms with van der Waals surface area (Å²) in [7, 11) is 0. The predicted molar refractivity (Wildman–Crippen MR) is 87.2 cm³/mol. The molecular formula is C16H23N3S. The molecule has 0 amide bonds. The zero-order chi connectivity index (χ0) is 14.4. The zero-order valence-corrected chi connectivity index (χ0v) is 13.3. The second-order valence-electron chi connectivity index (χ2n) is 4.90. The summed E-state index contributed by atoms with van der Waals surface area (Å²) in [5.41, 5.74) is 3.62.